The van der Waals surface area contributed by atoms with Crippen molar-refractivity contribution in [3.05, 3.63) is 102 Å². The van der Waals surface area contributed by atoms with Crippen molar-refractivity contribution in [3.8, 4) is 0 Å². The monoisotopic (exact) mass is 366 g/mol. The summed E-state index contributed by atoms with van der Waals surface area (Å²) < 4.78 is 28.6. The Morgan fingerprint density at radius 3 is 1.96 bits per heavy atom. The SMILES string of the molecule is Cc1ccc(S(=O)(=O)N[C@@](N)(Cc2ccccc2)c2ccccc2)cc1. The normalized spacial score (nSPS) is 13.9. The zero-order chi connectivity index (χ0) is 18.6. The Morgan fingerprint density at radius 2 is 1.38 bits per heavy atom. The van der Waals surface area contributed by atoms with Gasteiger partial charge in [-0.3, -0.25) is 0 Å². The predicted molar refractivity (Wildman–Crippen MR) is 104 cm³/mol. The van der Waals surface area contributed by atoms with Gasteiger partial charge >= 0.3 is 0 Å². The third-order valence-electron chi connectivity index (χ3n) is 4.26. The molecule has 0 amide bonds. The molecule has 1 atom stereocenters. The van der Waals surface area contributed by atoms with Crippen molar-refractivity contribution in [2.24, 2.45) is 5.73 Å². The molecular formula is C21H22N2O2S. The van der Waals surface area contributed by atoms with Crippen molar-refractivity contribution in [3.63, 3.8) is 0 Å². The van der Waals surface area contributed by atoms with E-state index in [4.69, 9.17) is 5.73 Å². The van der Waals surface area contributed by atoms with Crippen molar-refractivity contribution >= 4 is 10.0 Å². The van der Waals surface area contributed by atoms with Crippen LogP contribution in [-0.4, -0.2) is 8.42 Å². The first-order valence-corrected chi connectivity index (χ1v) is 9.86. The van der Waals surface area contributed by atoms with E-state index in [0.717, 1.165) is 11.1 Å². The lowest BCUT2D eigenvalue weighted by atomic mass is 9.94. The zero-order valence-corrected chi connectivity index (χ0v) is 15.4. The fourth-order valence-electron chi connectivity index (χ4n) is 2.87. The van der Waals surface area contributed by atoms with Gasteiger partial charge < -0.3 is 5.73 Å². The van der Waals surface area contributed by atoms with Crippen LogP contribution >= 0.6 is 0 Å². The summed E-state index contributed by atoms with van der Waals surface area (Å²) in [6.45, 7) is 1.91. The van der Waals surface area contributed by atoms with Crippen LogP contribution in [-0.2, 0) is 22.1 Å². The second-order valence-electron chi connectivity index (χ2n) is 6.42. The molecule has 0 aliphatic rings. The van der Waals surface area contributed by atoms with Gasteiger partial charge in [-0.05, 0) is 30.2 Å². The number of hydrogen-bond acceptors (Lipinski definition) is 3. The standard InChI is InChI=1S/C21H22N2O2S/c1-17-12-14-20(15-13-17)26(24,25)23-21(22,19-10-6-3-7-11-19)16-18-8-4-2-5-9-18/h2-15,23H,16,22H2,1H3/t21-/m0/s1. The van der Waals surface area contributed by atoms with E-state index < -0.39 is 15.7 Å². The molecule has 0 aliphatic heterocycles. The number of sulfonamides is 1. The molecule has 0 spiro atoms. The minimum absolute atomic E-state index is 0.196. The van der Waals surface area contributed by atoms with Gasteiger partial charge in [-0.2, -0.15) is 4.72 Å². The smallest absolute Gasteiger partial charge is 0.242 e. The highest BCUT2D eigenvalue weighted by Crippen LogP contribution is 2.24. The maximum Gasteiger partial charge on any atom is 0.242 e. The van der Waals surface area contributed by atoms with Gasteiger partial charge in [0.1, 0.15) is 5.66 Å². The molecule has 26 heavy (non-hydrogen) atoms. The van der Waals surface area contributed by atoms with Crippen LogP contribution in [0.3, 0.4) is 0 Å². The van der Waals surface area contributed by atoms with Gasteiger partial charge in [0.15, 0.2) is 0 Å². The number of nitrogens with two attached hydrogens (primary N) is 1. The van der Waals surface area contributed by atoms with E-state index in [9.17, 15) is 8.42 Å². The van der Waals surface area contributed by atoms with E-state index in [1.807, 2.05) is 67.6 Å². The lowest BCUT2D eigenvalue weighted by Crippen LogP contribution is -2.54. The average Bonchev–Trinajstić information content (AvgIpc) is 2.63. The van der Waals surface area contributed by atoms with E-state index in [1.165, 1.54) is 0 Å². The van der Waals surface area contributed by atoms with Crippen LogP contribution in [0.15, 0.2) is 89.8 Å². The second-order valence-corrected chi connectivity index (χ2v) is 8.10. The molecule has 0 aromatic heterocycles. The molecule has 0 heterocycles. The molecule has 0 radical (unpaired) electrons. The van der Waals surface area contributed by atoms with Crippen LogP contribution in [0.5, 0.6) is 0 Å². The van der Waals surface area contributed by atoms with Crippen molar-refractivity contribution < 1.29 is 8.42 Å². The summed E-state index contributed by atoms with van der Waals surface area (Å²) in [5.41, 5.74) is 8.01. The molecule has 0 aliphatic carbocycles. The largest absolute Gasteiger partial charge is 0.308 e. The first kappa shape index (κ1) is 18.3. The molecule has 0 saturated carbocycles. The van der Waals surface area contributed by atoms with Gasteiger partial charge in [-0.15, -0.1) is 0 Å². The summed E-state index contributed by atoms with van der Waals surface area (Å²) in [6, 6.07) is 25.6. The molecule has 3 N–H and O–H groups in total. The Balaban J connectivity index is 1.99. The molecule has 3 aromatic carbocycles. The minimum Gasteiger partial charge on any atom is -0.308 e. The van der Waals surface area contributed by atoms with Gasteiger partial charge in [-0.25, -0.2) is 8.42 Å². The maximum absolute atomic E-state index is 12.9. The fourth-order valence-corrected chi connectivity index (χ4v) is 4.15. The number of benzene rings is 3. The van der Waals surface area contributed by atoms with Crippen LogP contribution < -0.4 is 10.5 Å². The summed E-state index contributed by atoms with van der Waals surface area (Å²) in [5.74, 6) is 0. The summed E-state index contributed by atoms with van der Waals surface area (Å²) in [5, 5.41) is 0. The minimum atomic E-state index is -3.78. The number of aryl methyl sites for hydroxylation is 1. The summed E-state index contributed by atoms with van der Waals surface area (Å²) in [4.78, 5) is 0.196. The molecule has 0 fully saturated rings. The van der Waals surface area contributed by atoms with Crippen LogP contribution in [0, 0.1) is 6.92 Å². The first-order valence-electron chi connectivity index (χ1n) is 8.38. The molecule has 0 saturated heterocycles. The molecule has 5 heteroatoms. The quantitative estimate of drug-likeness (QED) is 0.657. The molecule has 4 nitrogen and oxygen atoms in total. The van der Waals surface area contributed by atoms with Crippen molar-refractivity contribution in [1.82, 2.24) is 4.72 Å². The Labute approximate surface area is 154 Å². The van der Waals surface area contributed by atoms with Gasteiger partial charge in [0.05, 0.1) is 4.90 Å². The highest BCUT2D eigenvalue weighted by Gasteiger charge is 2.33. The number of nitrogens with one attached hydrogen (secondary N) is 1. The summed E-state index contributed by atoms with van der Waals surface area (Å²) >= 11 is 0. The Hall–Kier alpha value is -2.47. The average molecular weight is 366 g/mol. The summed E-state index contributed by atoms with van der Waals surface area (Å²) in [7, 11) is -3.78. The van der Waals surface area contributed by atoms with Crippen LogP contribution in [0.4, 0.5) is 0 Å². The lowest BCUT2D eigenvalue weighted by Gasteiger charge is -2.31. The molecule has 3 rings (SSSR count). The van der Waals surface area contributed by atoms with E-state index in [0.29, 0.717) is 12.0 Å². The number of rotatable bonds is 6. The van der Waals surface area contributed by atoms with Crippen LogP contribution in [0.25, 0.3) is 0 Å². The van der Waals surface area contributed by atoms with Crippen LogP contribution in [0.2, 0.25) is 0 Å². The van der Waals surface area contributed by atoms with Crippen molar-refractivity contribution in [2.75, 3.05) is 0 Å². The summed E-state index contributed by atoms with van der Waals surface area (Å²) in [6.07, 6.45) is 0.336. The van der Waals surface area contributed by atoms with E-state index >= 15 is 0 Å². The lowest BCUT2D eigenvalue weighted by molar-refractivity contribution is 0.404. The molecule has 3 aromatic rings. The van der Waals surface area contributed by atoms with Gasteiger partial charge in [0, 0.05) is 6.42 Å². The topological polar surface area (TPSA) is 72.2 Å². The first-order chi connectivity index (χ1) is 12.4. The molecule has 0 unspecified atom stereocenters. The molecule has 134 valence electrons. The van der Waals surface area contributed by atoms with Crippen LogP contribution in [0.1, 0.15) is 16.7 Å². The third-order valence-corrected chi connectivity index (χ3v) is 5.79. The van der Waals surface area contributed by atoms with E-state index in [-0.39, 0.29) is 4.90 Å². The van der Waals surface area contributed by atoms with Crippen molar-refractivity contribution in [2.45, 2.75) is 23.9 Å². The van der Waals surface area contributed by atoms with Gasteiger partial charge in [0.2, 0.25) is 10.0 Å². The van der Waals surface area contributed by atoms with Gasteiger partial charge in [0.25, 0.3) is 0 Å². The molecular weight excluding hydrogens is 344 g/mol. The Bertz CT molecular complexity index is 956. The highest BCUT2D eigenvalue weighted by atomic mass is 32.2. The number of hydrogen-bond donors (Lipinski definition) is 2. The fraction of sp³-hybridized carbons (Fsp3) is 0.143. The van der Waals surface area contributed by atoms with Crippen molar-refractivity contribution in [1.29, 1.82) is 0 Å². The Morgan fingerprint density at radius 1 is 0.846 bits per heavy atom. The second kappa shape index (κ2) is 7.41. The van der Waals surface area contributed by atoms with Gasteiger partial charge in [-0.1, -0.05) is 78.4 Å². The van der Waals surface area contributed by atoms with E-state index in [1.54, 1.807) is 24.3 Å². The third kappa shape index (κ3) is 4.19. The maximum atomic E-state index is 12.9. The predicted octanol–water partition coefficient (Wildman–Crippen LogP) is 3.33. The van der Waals surface area contributed by atoms with E-state index in [2.05, 4.69) is 4.72 Å². The zero-order valence-electron chi connectivity index (χ0n) is 14.6. The molecule has 0 bridgehead atoms. The Kier molecular flexibility index (Phi) is 5.23. The highest BCUT2D eigenvalue weighted by molar-refractivity contribution is 7.89.